The molecule has 1 aliphatic heterocycles. The van der Waals surface area contributed by atoms with Crippen molar-refractivity contribution in [2.75, 3.05) is 6.61 Å². The van der Waals surface area contributed by atoms with Gasteiger partial charge in [-0.05, 0) is 25.3 Å². The maximum absolute atomic E-state index is 5.68. The summed E-state index contributed by atoms with van der Waals surface area (Å²) in [6.45, 7) is 3.00. The van der Waals surface area contributed by atoms with E-state index >= 15 is 0 Å². The van der Waals surface area contributed by atoms with Gasteiger partial charge in [-0.1, -0.05) is 25.6 Å². The molecular weight excluding hydrogens is 246 g/mol. The first-order valence-corrected chi connectivity index (χ1v) is 6.92. The molecule has 1 aliphatic rings. The molecule has 0 aromatic carbocycles. The maximum atomic E-state index is 5.68. The number of fused-ring (bicyclic) bond motifs is 1. The van der Waals surface area contributed by atoms with E-state index in [1.807, 2.05) is 10.6 Å². The van der Waals surface area contributed by atoms with Gasteiger partial charge in [0.25, 0.3) is 0 Å². The fraction of sp³-hybridized carbons (Fsp3) is 0.538. The van der Waals surface area contributed by atoms with Crippen molar-refractivity contribution in [3.8, 4) is 0 Å². The molecule has 0 amide bonds. The molecule has 0 aliphatic carbocycles. The summed E-state index contributed by atoms with van der Waals surface area (Å²) in [6, 6.07) is 4.03. The molecule has 2 aromatic heterocycles. The van der Waals surface area contributed by atoms with Crippen molar-refractivity contribution in [2.45, 2.75) is 38.7 Å². The Bertz CT molecular complexity index is 610. The van der Waals surface area contributed by atoms with Crippen LogP contribution < -0.4 is 0 Å². The van der Waals surface area contributed by atoms with E-state index in [1.54, 1.807) is 0 Å². The number of aryl methyl sites for hydroxylation is 1. The summed E-state index contributed by atoms with van der Waals surface area (Å²) in [6.07, 6.45) is 4.43. The molecule has 4 nitrogen and oxygen atoms in total. The van der Waals surface area contributed by atoms with Crippen LogP contribution in [0.15, 0.2) is 12.1 Å². The topological polar surface area (TPSA) is 42.3 Å². The Hall–Kier alpha value is -1.20. The average Bonchev–Trinajstić information content (AvgIpc) is 2.97. The predicted octanol–water partition coefficient (Wildman–Crippen LogP) is 3.20. The zero-order valence-corrected chi connectivity index (χ0v) is 11.3. The van der Waals surface area contributed by atoms with Gasteiger partial charge >= 0.3 is 0 Å². The smallest absolute Gasteiger partial charge is 0.154 e. The third-order valence-corrected chi connectivity index (χ3v) is 3.61. The number of aromatic amines is 1. The summed E-state index contributed by atoms with van der Waals surface area (Å²) >= 11 is 5.39. The van der Waals surface area contributed by atoms with Gasteiger partial charge in [-0.3, -0.25) is 5.10 Å². The molecule has 1 unspecified atom stereocenters. The molecule has 0 bridgehead atoms. The molecule has 0 radical (unpaired) electrons. The van der Waals surface area contributed by atoms with Crippen LogP contribution in [0, 0.1) is 4.64 Å². The first kappa shape index (κ1) is 11.9. The number of H-pyrrole nitrogens is 1. The second kappa shape index (κ2) is 4.82. The molecule has 96 valence electrons. The normalized spacial score (nSPS) is 19.7. The Balaban J connectivity index is 2.05. The van der Waals surface area contributed by atoms with Crippen LogP contribution in [0.4, 0.5) is 0 Å². The molecule has 2 aromatic rings. The standard InChI is InChI=1S/C13H17N3OS/c1-2-4-9-7-13(18)16-12(14-9)8-10(15-16)11-5-3-6-17-11/h7-8,11,15H,2-6H2,1H3. The first-order chi connectivity index (χ1) is 8.78. The lowest BCUT2D eigenvalue weighted by Gasteiger charge is -2.04. The van der Waals surface area contributed by atoms with Crippen molar-refractivity contribution in [2.24, 2.45) is 0 Å². The van der Waals surface area contributed by atoms with Gasteiger partial charge in [0.2, 0.25) is 0 Å². The van der Waals surface area contributed by atoms with Gasteiger partial charge in [0.05, 0.1) is 11.8 Å². The SMILES string of the molecule is CCCc1cc(=S)n2[nH]c(C3CCCO3)cc2n1. The Morgan fingerprint density at radius 1 is 1.56 bits per heavy atom. The molecule has 3 rings (SSSR count). The van der Waals surface area contributed by atoms with Crippen molar-refractivity contribution in [3.05, 3.63) is 28.2 Å². The summed E-state index contributed by atoms with van der Waals surface area (Å²) in [5, 5.41) is 3.30. The highest BCUT2D eigenvalue weighted by molar-refractivity contribution is 7.71. The van der Waals surface area contributed by atoms with Gasteiger partial charge < -0.3 is 4.74 Å². The first-order valence-electron chi connectivity index (χ1n) is 6.51. The van der Waals surface area contributed by atoms with Crippen LogP contribution in [0.25, 0.3) is 5.65 Å². The van der Waals surface area contributed by atoms with E-state index in [4.69, 9.17) is 17.0 Å². The number of nitrogens with zero attached hydrogens (tertiary/aromatic N) is 2. The van der Waals surface area contributed by atoms with Gasteiger partial charge in [0, 0.05) is 18.4 Å². The molecule has 0 spiro atoms. The number of rotatable bonds is 3. The number of nitrogens with one attached hydrogen (secondary N) is 1. The Morgan fingerprint density at radius 2 is 2.44 bits per heavy atom. The van der Waals surface area contributed by atoms with Crippen molar-refractivity contribution < 1.29 is 4.74 Å². The Morgan fingerprint density at radius 3 is 3.17 bits per heavy atom. The third kappa shape index (κ3) is 2.08. The van der Waals surface area contributed by atoms with E-state index in [0.29, 0.717) is 0 Å². The van der Waals surface area contributed by atoms with E-state index in [1.165, 1.54) is 0 Å². The molecule has 1 saturated heterocycles. The summed E-state index contributed by atoms with van der Waals surface area (Å²) in [5.41, 5.74) is 3.05. The Labute approximate surface area is 111 Å². The van der Waals surface area contributed by atoms with E-state index in [0.717, 1.165) is 54.0 Å². The monoisotopic (exact) mass is 263 g/mol. The van der Waals surface area contributed by atoms with Crippen molar-refractivity contribution in [1.82, 2.24) is 14.6 Å². The molecular formula is C13H17N3OS. The van der Waals surface area contributed by atoms with Crippen LogP contribution in [0.1, 0.15) is 43.7 Å². The lowest BCUT2D eigenvalue weighted by Crippen LogP contribution is -1.99. The summed E-state index contributed by atoms with van der Waals surface area (Å²) in [4.78, 5) is 4.63. The second-order valence-corrected chi connectivity index (χ2v) is 5.16. The molecule has 1 N–H and O–H groups in total. The number of aromatic nitrogens is 3. The molecule has 5 heteroatoms. The van der Waals surface area contributed by atoms with Crippen LogP contribution in [0.2, 0.25) is 0 Å². The largest absolute Gasteiger partial charge is 0.372 e. The minimum absolute atomic E-state index is 0.177. The van der Waals surface area contributed by atoms with Gasteiger partial charge in [-0.25, -0.2) is 9.50 Å². The van der Waals surface area contributed by atoms with Crippen LogP contribution in [-0.2, 0) is 11.2 Å². The number of hydrogen-bond acceptors (Lipinski definition) is 3. The average molecular weight is 263 g/mol. The lowest BCUT2D eigenvalue weighted by atomic mass is 10.2. The Kier molecular flexibility index (Phi) is 3.18. The van der Waals surface area contributed by atoms with Crippen LogP contribution in [-0.4, -0.2) is 21.2 Å². The molecule has 1 fully saturated rings. The van der Waals surface area contributed by atoms with Gasteiger partial charge in [-0.15, -0.1) is 0 Å². The maximum Gasteiger partial charge on any atom is 0.154 e. The lowest BCUT2D eigenvalue weighted by molar-refractivity contribution is 0.108. The van der Waals surface area contributed by atoms with E-state index < -0.39 is 0 Å². The summed E-state index contributed by atoms with van der Waals surface area (Å²) in [7, 11) is 0. The van der Waals surface area contributed by atoms with Crippen LogP contribution in [0.5, 0.6) is 0 Å². The summed E-state index contributed by atoms with van der Waals surface area (Å²) in [5.74, 6) is 0. The van der Waals surface area contributed by atoms with Crippen LogP contribution in [0.3, 0.4) is 0 Å². The van der Waals surface area contributed by atoms with Crippen molar-refractivity contribution >= 4 is 17.9 Å². The molecule has 18 heavy (non-hydrogen) atoms. The van der Waals surface area contributed by atoms with Crippen molar-refractivity contribution in [3.63, 3.8) is 0 Å². The zero-order valence-electron chi connectivity index (χ0n) is 10.5. The predicted molar refractivity (Wildman–Crippen MR) is 72.3 cm³/mol. The highest BCUT2D eigenvalue weighted by Gasteiger charge is 2.20. The number of hydrogen-bond donors (Lipinski definition) is 1. The molecule has 1 atom stereocenters. The van der Waals surface area contributed by atoms with Crippen LogP contribution >= 0.6 is 12.2 Å². The van der Waals surface area contributed by atoms with E-state index in [-0.39, 0.29) is 6.10 Å². The fourth-order valence-corrected chi connectivity index (χ4v) is 2.71. The highest BCUT2D eigenvalue weighted by Crippen LogP contribution is 2.27. The van der Waals surface area contributed by atoms with Gasteiger partial charge in [0.15, 0.2) is 5.65 Å². The number of ether oxygens (including phenoxy) is 1. The van der Waals surface area contributed by atoms with Gasteiger partial charge in [0.1, 0.15) is 4.64 Å². The van der Waals surface area contributed by atoms with Crippen molar-refractivity contribution in [1.29, 1.82) is 0 Å². The van der Waals surface area contributed by atoms with E-state index in [2.05, 4.69) is 23.1 Å². The third-order valence-electron chi connectivity index (χ3n) is 3.31. The molecule has 3 heterocycles. The second-order valence-electron chi connectivity index (χ2n) is 4.74. The minimum atomic E-state index is 0.177. The quantitative estimate of drug-likeness (QED) is 0.865. The fourth-order valence-electron chi connectivity index (χ4n) is 2.43. The molecule has 0 saturated carbocycles. The van der Waals surface area contributed by atoms with E-state index in [9.17, 15) is 0 Å². The van der Waals surface area contributed by atoms with Gasteiger partial charge in [-0.2, -0.15) is 0 Å². The zero-order chi connectivity index (χ0) is 12.5. The minimum Gasteiger partial charge on any atom is -0.372 e. The highest BCUT2D eigenvalue weighted by atomic mass is 32.1. The summed E-state index contributed by atoms with van der Waals surface area (Å²) < 4.78 is 8.33.